The van der Waals surface area contributed by atoms with Gasteiger partial charge < -0.3 is 16.5 Å². The molecule has 0 radical (unpaired) electrons. The predicted molar refractivity (Wildman–Crippen MR) is 68.4 cm³/mol. The number of aryl methyl sites for hydroxylation is 1. The number of hydrogen-bond acceptors (Lipinski definition) is 7. The van der Waals surface area contributed by atoms with Crippen LogP contribution in [0.2, 0.25) is 0 Å². The maximum atomic E-state index is 7.33. The van der Waals surface area contributed by atoms with Gasteiger partial charge in [0, 0.05) is 18.6 Å². The topological polar surface area (TPSA) is 113 Å². The van der Waals surface area contributed by atoms with Gasteiger partial charge in [-0.05, 0) is 6.92 Å². The van der Waals surface area contributed by atoms with Crippen molar-refractivity contribution in [1.82, 2.24) is 19.9 Å². The number of hydrogen-bond donors (Lipinski definition) is 3. The fourth-order valence-electron chi connectivity index (χ4n) is 1.48. The highest BCUT2D eigenvalue weighted by Gasteiger charge is 2.08. The Kier molecular flexibility index (Phi) is 3.42. The molecular formula is C11H13N7. The van der Waals surface area contributed by atoms with Crippen molar-refractivity contribution in [2.75, 3.05) is 11.1 Å². The minimum atomic E-state index is 0.291. The molecule has 0 amide bonds. The molecule has 0 aliphatic heterocycles. The lowest BCUT2D eigenvalue weighted by atomic mass is 10.3. The van der Waals surface area contributed by atoms with Gasteiger partial charge in [-0.1, -0.05) is 0 Å². The van der Waals surface area contributed by atoms with Crippen molar-refractivity contribution < 1.29 is 0 Å². The summed E-state index contributed by atoms with van der Waals surface area (Å²) in [4.78, 5) is 16.3. The molecule has 0 bridgehead atoms. The van der Waals surface area contributed by atoms with E-state index in [2.05, 4.69) is 25.3 Å². The third kappa shape index (κ3) is 2.57. The average Bonchev–Trinajstić information content (AvgIpc) is 2.37. The largest absolute Gasteiger partial charge is 0.383 e. The second-order valence-electron chi connectivity index (χ2n) is 3.61. The number of nitrogen functional groups attached to an aromatic ring is 1. The molecule has 0 aliphatic carbocycles. The van der Waals surface area contributed by atoms with E-state index < -0.39 is 0 Å². The molecule has 0 fully saturated rings. The fraction of sp³-hybridized carbons (Fsp3) is 0.182. The van der Waals surface area contributed by atoms with Gasteiger partial charge in [-0.2, -0.15) is 0 Å². The Bertz CT molecular complexity index is 553. The molecular weight excluding hydrogens is 230 g/mol. The van der Waals surface area contributed by atoms with Crippen molar-refractivity contribution in [3.63, 3.8) is 0 Å². The molecule has 0 saturated carbocycles. The molecule has 0 aromatic carbocycles. The summed E-state index contributed by atoms with van der Waals surface area (Å²) < 4.78 is 0. The fourth-order valence-corrected chi connectivity index (χ4v) is 1.48. The van der Waals surface area contributed by atoms with E-state index >= 15 is 0 Å². The molecule has 0 unspecified atom stereocenters. The molecule has 0 spiro atoms. The van der Waals surface area contributed by atoms with Crippen LogP contribution >= 0.6 is 0 Å². The highest BCUT2D eigenvalue weighted by molar-refractivity contribution is 5.89. The molecule has 7 heteroatoms. The first-order chi connectivity index (χ1) is 8.70. The summed E-state index contributed by atoms with van der Waals surface area (Å²) in [6.07, 6.45) is 6.02. The number of anilines is 2. The molecule has 2 rings (SSSR count). The van der Waals surface area contributed by atoms with E-state index in [0.29, 0.717) is 29.6 Å². The maximum Gasteiger partial charge on any atom is 0.141 e. The molecule has 7 nitrogen and oxygen atoms in total. The molecule has 18 heavy (non-hydrogen) atoms. The number of aromatic nitrogens is 4. The van der Waals surface area contributed by atoms with Gasteiger partial charge >= 0.3 is 0 Å². The smallest absolute Gasteiger partial charge is 0.141 e. The van der Waals surface area contributed by atoms with Gasteiger partial charge in [0.15, 0.2) is 0 Å². The lowest BCUT2D eigenvalue weighted by Crippen LogP contribution is -2.10. The second-order valence-corrected chi connectivity index (χ2v) is 3.61. The standard InChI is InChI=1S/C11H13N7/c1-7-17-10(13)9(4-12)11(18-7)16-6-8-5-14-2-3-15-8/h2-5,12H,6H2,1H3,(H3,13,16,17,18). The monoisotopic (exact) mass is 243 g/mol. The van der Waals surface area contributed by atoms with Crippen LogP contribution in [0.5, 0.6) is 0 Å². The minimum Gasteiger partial charge on any atom is -0.383 e. The molecule has 92 valence electrons. The maximum absolute atomic E-state index is 7.33. The van der Waals surface area contributed by atoms with Gasteiger partial charge in [0.2, 0.25) is 0 Å². The first kappa shape index (κ1) is 11.9. The van der Waals surface area contributed by atoms with Gasteiger partial charge in [-0.25, -0.2) is 9.97 Å². The molecule has 2 aromatic rings. The van der Waals surface area contributed by atoms with Crippen LogP contribution in [0.4, 0.5) is 11.6 Å². The predicted octanol–water partition coefficient (Wildman–Crippen LogP) is 0.767. The van der Waals surface area contributed by atoms with Crippen molar-refractivity contribution in [2.24, 2.45) is 0 Å². The van der Waals surface area contributed by atoms with Crippen LogP contribution in [0.25, 0.3) is 0 Å². The summed E-state index contributed by atoms with van der Waals surface area (Å²) in [7, 11) is 0. The van der Waals surface area contributed by atoms with E-state index in [1.807, 2.05) is 0 Å². The van der Waals surface area contributed by atoms with Gasteiger partial charge in [0.1, 0.15) is 17.5 Å². The summed E-state index contributed by atoms with van der Waals surface area (Å²) in [6, 6.07) is 0. The zero-order chi connectivity index (χ0) is 13.0. The van der Waals surface area contributed by atoms with Crippen molar-refractivity contribution in [3.8, 4) is 0 Å². The van der Waals surface area contributed by atoms with Crippen molar-refractivity contribution >= 4 is 17.9 Å². The van der Waals surface area contributed by atoms with Crippen LogP contribution < -0.4 is 11.1 Å². The number of nitrogens with zero attached hydrogens (tertiary/aromatic N) is 4. The highest BCUT2D eigenvalue weighted by atomic mass is 15.1. The Hall–Kier alpha value is -2.57. The van der Waals surface area contributed by atoms with E-state index in [9.17, 15) is 0 Å². The van der Waals surface area contributed by atoms with Crippen LogP contribution in [0.15, 0.2) is 18.6 Å². The summed E-state index contributed by atoms with van der Waals surface area (Å²) in [5.41, 5.74) is 6.99. The van der Waals surface area contributed by atoms with Gasteiger partial charge in [0.25, 0.3) is 0 Å². The zero-order valence-electron chi connectivity index (χ0n) is 9.88. The summed E-state index contributed by atoms with van der Waals surface area (Å²) in [5.74, 6) is 1.37. The summed E-state index contributed by atoms with van der Waals surface area (Å²) in [6.45, 7) is 2.21. The summed E-state index contributed by atoms with van der Waals surface area (Å²) in [5, 5.41) is 10.4. The van der Waals surface area contributed by atoms with Crippen LogP contribution in [-0.2, 0) is 6.54 Å². The van der Waals surface area contributed by atoms with Gasteiger partial charge in [-0.15, -0.1) is 0 Å². The molecule has 2 aromatic heterocycles. The zero-order valence-corrected chi connectivity index (χ0v) is 9.88. The van der Waals surface area contributed by atoms with Crippen molar-refractivity contribution in [2.45, 2.75) is 13.5 Å². The Balaban J connectivity index is 2.21. The van der Waals surface area contributed by atoms with Crippen LogP contribution in [0.3, 0.4) is 0 Å². The Morgan fingerprint density at radius 1 is 1.39 bits per heavy atom. The second kappa shape index (κ2) is 5.17. The van der Waals surface area contributed by atoms with Crippen LogP contribution in [-0.4, -0.2) is 26.2 Å². The minimum absolute atomic E-state index is 0.291. The third-order valence-corrected chi connectivity index (χ3v) is 2.28. The quantitative estimate of drug-likeness (QED) is 0.683. The first-order valence-electron chi connectivity index (χ1n) is 5.34. The van der Waals surface area contributed by atoms with Crippen molar-refractivity contribution in [1.29, 1.82) is 5.41 Å². The molecule has 0 atom stereocenters. The third-order valence-electron chi connectivity index (χ3n) is 2.28. The SMILES string of the molecule is Cc1nc(N)c(C=N)c(NCc2cnccn2)n1. The van der Waals surface area contributed by atoms with E-state index in [1.165, 1.54) is 0 Å². The Labute approximate surface area is 104 Å². The molecule has 4 N–H and O–H groups in total. The van der Waals surface area contributed by atoms with Crippen LogP contribution in [0.1, 0.15) is 17.1 Å². The first-order valence-corrected chi connectivity index (χ1v) is 5.34. The van der Waals surface area contributed by atoms with Crippen LogP contribution in [0, 0.1) is 12.3 Å². The Morgan fingerprint density at radius 2 is 2.22 bits per heavy atom. The number of nitrogens with one attached hydrogen (secondary N) is 2. The molecule has 2 heterocycles. The number of nitrogens with two attached hydrogens (primary N) is 1. The number of rotatable bonds is 4. The van der Waals surface area contributed by atoms with E-state index in [-0.39, 0.29) is 0 Å². The average molecular weight is 243 g/mol. The van der Waals surface area contributed by atoms with Gasteiger partial charge in [0.05, 0.1) is 24.0 Å². The van der Waals surface area contributed by atoms with Crippen molar-refractivity contribution in [3.05, 3.63) is 35.7 Å². The van der Waals surface area contributed by atoms with E-state index in [0.717, 1.165) is 11.9 Å². The van der Waals surface area contributed by atoms with Gasteiger partial charge in [-0.3, -0.25) is 9.97 Å². The molecule has 0 saturated heterocycles. The normalized spacial score (nSPS) is 10.1. The van der Waals surface area contributed by atoms with E-state index in [1.54, 1.807) is 25.5 Å². The summed E-state index contributed by atoms with van der Waals surface area (Å²) >= 11 is 0. The Morgan fingerprint density at radius 3 is 2.89 bits per heavy atom. The lowest BCUT2D eigenvalue weighted by molar-refractivity contribution is 0.977. The highest BCUT2D eigenvalue weighted by Crippen LogP contribution is 2.16. The van der Waals surface area contributed by atoms with E-state index in [4.69, 9.17) is 11.1 Å². The lowest BCUT2D eigenvalue weighted by Gasteiger charge is -2.10. The molecule has 0 aliphatic rings.